The van der Waals surface area contributed by atoms with Crippen LogP contribution < -0.4 is 0 Å². The fraction of sp³-hybridized carbons (Fsp3) is 0.273. The first-order valence-electron chi connectivity index (χ1n) is 8.62. The van der Waals surface area contributed by atoms with Crippen LogP contribution in [0.3, 0.4) is 0 Å². The minimum atomic E-state index is 0.583. The molecular weight excluding hydrogens is 278 g/mol. The van der Waals surface area contributed by atoms with Crippen LogP contribution in [0.1, 0.15) is 49.9 Å². The molecule has 0 bridgehead atoms. The number of fused-ring (bicyclic) bond motifs is 3. The molecule has 1 nitrogen and oxygen atoms in total. The maximum atomic E-state index is 2.40. The molecular formula is C22H25N. The lowest BCUT2D eigenvalue weighted by Crippen LogP contribution is -2.02. The van der Waals surface area contributed by atoms with E-state index in [0.717, 1.165) is 6.42 Å². The SMILES string of the molecule is CC.Cc1ccc2c(c1)c1c(n2-c2ccccc2)C=CCC1C. The fourth-order valence-electron chi connectivity index (χ4n) is 3.49. The molecule has 3 aromatic rings. The second-order valence-electron chi connectivity index (χ2n) is 6.03. The molecule has 0 fully saturated rings. The molecule has 0 amide bonds. The van der Waals surface area contributed by atoms with Crippen LogP contribution in [0.4, 0.5) is 0 Å². The molecule has 0 N–H and O–H groups in total. The van der Waals surface area contributed by atoms with E-state index >= 15 is 0 Å². The van der Waals surface area contributed by atoms with Gasteiger partial charge in [0.05, 0.1) is 5.52 Å². The van der Waals surface area contributed by atoms with Crippen LogP contribution >= 0.6 is 0 Å². The minimum absolute atomic E-state index is 0.583. The van der Waals surface area contributed by atoms with Crippen LogP contribution in [0, 0.1) is 6.92 Å². The van der Waals surface area contributed by atoms with Crippen LogP contribution in [0.2, 0.25) is 0 Å². The molecule has 1 aromatic heterocycles. The predicted octanol–water partition coefficient (Wildman–Crippen LogP) is 6.49. The second-order valence-corrected chi connectivity index (χ2v) is 6.03. The molecule has 1 heterocycles. The maximum Gasteiger partial charge on any atom is 0.0537 e. The van der Waals surface area contributed by atoms with Gasteiger partial charge >= 0.3 is 0 Å². The second kappa shape index (κ2) is 6.45. The number of nitrogens with zero attached hydrogens (tertiary/aromatic N) is 1. The van der Waals surface area contributed by atoms with E-state index in [0.29, 0.717) is 5.92 Å². The third-order valence-electron chi connectivity index (χ3n) is 4.47. The molecule has 0 saturated heterocycles. The third kappa shape index (κ3) is 2.61. The van der Waals surface area contributed by atoms with Crippen molar-refractivity contribution in [3.63, 3.8) is 0 Å². The highest BCUT2D eigenvalue weighted by Crippen LogP contribution is 2.39. The van der Waals surface area contributed by atoms with Gasteiger partial charge in [0.25, 0.3) is 0 Å². The molecule has 0 radical (unpaired) electrons. The Morgan fingerprint density at radius 2 is 1.74 bits per heavy atom. The number of aromatic nitrogens is 1. The Kier molecular flexibility index (Phi) is 4.38. The number of hydrogen-bond acceptors (Lipinski definition) is 0. The molecule has 1 aliphatic rings. The Labute approximate surface area is 139 Å². The van der Waals surface area contributed by atoms with Crippen LogP contribution in [-0.2, 0) is 0 Å². The van der Waals surface area contributed by atoms with Crippen LogP contribution in [0.15, 0.2) is 54.6 Å². The molecule has 23 heavy (non-hydrogen) atoms. The van der Waals surface area contributed by atoms with Gasteiger partial charge < -0.3 is 4.57 Å². The highest BCUT2D eigenvalue weighted by atomic mass is 15.0. The van der Waals surface area contributed by atoms with E-state index in [9.17, 15) is 0 Å². The first-order valence-corrected chi connectivity index (χ1v) is 8.62. The minimum Gasteiger partial charge on any atom is -0.310 e. The van der Waals surface area contributed by atoms with Gasteiger partial charge in [-0.1, -0.05) is 56.7 Å². The van der Waals surface area contributed by atoms with Gasteiger partial charge in [-0.15, -0.1) is 0 Å². The summed E-state index contributed by atoms with van der Waals surface area (Å²) in [6, 6.07) is 17.5. The summed E-state index contributed by atoms with van der Waals surface area (Å²) in [5.74, 6) is 0.583. The molecule has 0 aliphatic heterocycles. The number of benzene rings is 2. The summed E-state index contributed by atoms with van der Waals surface area (Å²) in [5, 5.41) is 1.41. The lowest BCUT2D eigenvalue weighted by molar-refractivity contribution is 0.773. The summed E-state index contributed by atoms with van der Waals surface area (Å²) >= 11 is 0. The van der Waals surface area contributed by atoms with Crippen molar-refractivity contribution in [1.29, 1.82) is 0 Å². The Bertz CT molecular complexity index is 837. The van der Waals surface area contributed by atoms with E-state index in [2.05, 4.69) is 79.1 Å². The van der Waals surface area contributed by atoms with E-state index in [-0.39, 0.29) is 0 Å². The lowest BCUT2D eigenvalue weighted by atomic mass is 9.90. The van der Waals surface area contributed by atoms with Gasteiger partial charge in [0, 0.05) is 16.8 Å². The van der Waals surface area contributed by atoms with Gasteiger partial charge in [-0.2, -0.15) is 0 Å². The van der Waals surface area contributed by atoms with Gasteiger partial charge in [-0.3, -0.25) is 0 Å². The molecule has 1 aliphatic carbocycles. The monoisotopic (exact) mass is 303 g/mol. The summed E-state index contributed by atoms with van der Waals surface area (Å²) in [6.07, 6.45) is 5.73. The Morgan fingerprint density at radius 1 is 1.00 bits per heavy atom. The maximum absolute atomic E-state index is 2.40. The van der Waals surface area contributed by atoms with E-state index in [1.54, 1.807) is 0 Å². The van der Waals surface area contributed by atoms with Crippen LogP contribution in [-0.4, -0.2) is 4.57 Å². The van der Waals surface area contributed by atoms with Crippen molar-refractivity contribution >= 4 is 17.0 Å². The van der Waals surface area contributed by atoms with Gasteiger partial charge in [0.1, 0.15) is 0 Å². The third-order valence-corrected chi connectivity index (χ3v) is 4.47. The lowest BCUT2D eigenvalue weighted by Gasteiger charge is -2.16. The van der Waals surface area contributed by atoms with Crippen molar-refractivity contribution in [2.24, 2.45) is 0 Å². The smallest absolute Gasteiger partial charge is 0.0537 e. The average molecular weight is 303 g/mol. The van der Waals surface area contributed by atoms with Crippen molar-refractivity contribution < 1.29 is 0 Å². The number of para-hydroxylation sites is 1. The summed E-state index contributed by atoms with van der Waals surface area (Å²) in [7, 11) is 0. The summed E-state index contributed by atoms with van der Waals surface area (Å²) in [5.41, 5.74) is 6.74. The molecule has 4 rings (SSSR count). The summed E-state index contributed by atoms with van der Waals surface area (Å²) in [4.78, 5) is 0. The standard InChI is InChI=1S/C20H19N.C2H6/c1-14-11-12-18-17(13-14)20-15(2)7-6-10-19(20)21(18)16-8-4-3-5-9-16;1-2/h3-6,8-13,15H,7H2,1-2H3;1-2H3. The van der Waals surface area contributed by atoms with Crippen molar-refractivity contribution in [3.05, 3.63) is 71.4 Å². The van der Waals surface area contributed by atoms with E-state index in [1.807, 2.05) is 13.8 Å². The zero-order valence-electron chi connectivity index (χ0n) is 14.5. The number of allylic oxidation sites excluding steroid dienone is 1. The normalized spacial score (nSPS) is 15.9. The molecule has 1 heteroatoms. The quantitative estimate of drug-likeness (QED) is 0.484. The van der Waals surface area contributed by atoms with Crippen LogP contribution in [0.25, 0.3) is 22.7 Å². The van der Waals surface area contributed by atoms with Crippen molar-refractivity contribution in [3.8, 4) is 5.69 Å². The van der Waals surface area contributed by atoms with E-state index < -0.39 is 0 Å². The number of rotatable bonds is 1. The summed E-state index contributed by atoms with van der Waals surface area (Å²) in [6.45, 7) is 8.51. The molecule has 0 saturated carbocycles. The van der Waals surface area contributed by atoms with Gasteiger partial charge in [-0.05, 0) is 55.2 Å². The number of aryl methyl sites for hydroxylation is 1. The molecule has 1 unspecified atom stereocenters. The molecule has 1 atom stereocenters. The van der Waals surface area contributed by atoms with Gasteiger partial charge in [0.2, 0.25) is 0 Å². The van der Waals surface area contributed by atoms with Crippen molar-refractivity contribution in [2.75, 3.05) is 0 Å². The largest absolute Gasteiger partial charge is 0.310 e. The van der Waals surface area contributed by atoms with Crippen LogP contribution in [0.5, 0.6) is 0 Å². The predicted molar refractivity (Wildman–Crippen MR) is 101 cm³/mol. The molecule has 0 spiro atoms. The zero-order valence-corrected chi connectivity index (χ0v) is 14.5. The average Bonchev–Trinajstić information content (AvgIpc) is 2.92. The Hall–Kier alpha value is -2.28. The van der Waals surface area contributed by atoms with Crippen molar-refractivity contribution in [1.82, 2.24) is 4.57 Å². The van der Waals surface area contributed by atoms with Gasteiger partial charge in [-0.25, -0.2) is 0 Å². The van der Waals surface area contributed by atoms with E-state index in [1.165, 1.54) is 33.4 Å². The Balaban J connectivity index is 0.000000753. The molecule has 2 aromatic carbocycles. The summed E-state index contributed by atoms with van der Waals surface area (Å²) < 4.78 is 2.40. The highest BCUT2D eigenvalue weighted by molar-refractivity contribution is 5.91. The Morgan fingerprint density at radius 3 is 2.48 bits per heavy atom. The first-order chi connectivity index (χ1) is 11.3. The first kappa shape index (κ1) is 15.6. The topological polar surface area (TPSA) is 4.93 Å². The van der Waals surface area contributed by atoms with Crippen molar-refractivity contribution in [2.45, 2.75) is 40.0 Å². The highest BCUT2D eigenvalue weighted by Gasteiger charge is 2.22. The fourth-order valence-corrected chi connectivity index (χ4v) is 3.49. The molecule has 118 valence electrons. The zero-order chi connectivity index (χ0) is 16.4. The van der Waals surface area contributed by atoms with E-state index in [4.69, 9.17) is 0 Å². The van der Waals surface area contributed by atoms with Gasteiger partial charge in [0.15, 0.2) is 0 Å². The number of hydrogen-bond donors (Lipinski definition) is 0.